The Bertz CT molecular complexity index is 809. The lowest BCUT2D eigenvalue weighted by Crippen LogP contribution is -2.21. The molecule has 23 heavy (non-hydrogen) atoms. The number of aliphatic hydroxyl groups excluding tert-OH is 1. The largest absolute Gasteiger partial charge is 0.457 e. The third kappa shape index (κ3) is 2.62. The Hall–Kier alpha value is -2.59. The molecule has 0 saturated heterocycles. The fourth-order valence-electron chi connectivity index (χ4n) is 2.59. The highest BCUT2D eigenvalue weighted by Crippen LogP contribution is 2.48. The zero-order valence-electron chi connectivity index (χ0n) is 11.5. The Morgan fingerprint density at radius 2 is 1.83 bits per heavy atom. The summed E-state index contributed by atoms with van der Waals surface area (Å²) in [5.74, 6) is -5.49. The summed E-state index contributed by atoms with van der Waals surface area (Å²) in [4.78, 5) is 0. The summed E-state index contributed by atoms with van der Waals surface area (Å²) in [7, 11) is 0. The standard InChI is InChI=1S/C16H9F4NO2/c17-9-3-10(18)5-11(4-9)23-13-2-1-8(7-21)14-12(13)6-16(19,20)15(14)22/h1-5,15,22H,6H2/t15-/m0/s1. The van der Waals surface area contributed by atoms with Gasteiger partial charge in [-0.3, -0.25) is 0 Å². The van der Waals surface area contributed by atoms with Crippen LogP contribution in [0.15, 0.2) is 30.3 Å². The van der Waals surface area contributed by atoms with Gasteiger partial charge in [-0.25, -0.2) is 17.6 Å². The zero-order chi connectivity index (χ0) is 16.8. The van der Waals surface area contributed by atoms with Crippen molar-refractivity contribution in [2.75, 3.05) is 0 Å². The molecule has 3 rings (SSSR count). The van der Waals surface area contributed by atoms with E-state index in [9.17, 15) is 22.7 Å². The highest BCUT2D eigenvalue weighted by molar-refractivity contribution is 5.56. The molecular formula is C16H9F4NO2. The number of alkyl halides is 2. The van der Waals surface area contributed by atoms with Crippen molar-refractivity contribution in [1.82, 2.24) is 0 Å². The molecule has 0 saturated carbocycles. The normalized spacial score (nSPS) is 18.3. The van der Waals surface area contributed by atoms with Crippen LogP contribution < -0.4 is 4.74 Å². The van der Waals surface area contributed by atoms with E-state index in [1.54, 1.807) is 6.07 Å². The van der Waals surface area contributed by atoms with Gasteiger partial charge in [0.15, 0.2) is 0 Å². The molecule has 0 amide bonds. The summed E-state index contributed by atoms with van der Waals surface area (Å²) in [6.45, 7) is 0. The Labute approximate surface area is 128 Å². The van der Waals surface area contributed by atoms with E-state index < -0.39 is 30.1 Å². The Balaban J connectivity index is 2.08. The fraction of sp³-hybridized carbons (Fsp3) is 0.188. The highest BCUT2D eigenvalue weighted by atomic mass is 19.3. The lowest BCUT2D eigenvalue weighted by molar-refractivity contribution is -0.0969. The molecule has 2 aromatic carbocycles. The topological polar surface area (TPSA) is 53.2 Å². The molecule has 0 aliphatic heterocycles. The number of rotatable bonds is 2. The summed E-state index contributed by atoms with van der Waals surface area (Å²) in [5, 5.41) is 18.7. The van der Waals surface area contributed by atoms with Crippen LogP contribution in [0, 0.1) is 23.0 Å². The van der Waals surface area contributed by atoms with E-state index in [0.717, 1.165) is 12.1 Å². The van der Waals surface area contributed by atoms with Gasteiger partial charge in [-0.2, -0.15) is 5.26 Å². The van der Waals surface area contributed by atoms with Crippen LogP contribution in [-0.4, -0.2) is 11.0 Å². The molecular weight excluding hydrogens is 314 g/mol. The first-order chi connectivity index (χ1) is 10.8. The molecule has 0 aromatic heterocycles. The Morgan fingerprint density at radius 3 is 2.43 bits per heavy atom. The maximum absolute atomic E-state index is 13.8. The van der Waals surface area contributed by atoms with Crippen LogP contribution in [0.2, 0.25) is 0 Å². The van der Waals surface area contributed by atoms with Gasteiger partial charge in [0.2, 0.25) is 0 Å². The van der Waals surface area contributed by atoms with E-state index in [1.807, 2.05) is 0 Å². The molecule has 0 unspecified atom stereocenters. The maximum Gasteiger partial charge on any atom is 0.281 e. The minimum atomic E-state index is -3.44. The predicted molar refractivity (Wildman–Crippen MR) is 71.2 cm³/mol. The molecule has 7 heteroatoms. The van der Waals surface area contributed by atoms with Crippen LogP contribution in [0.25, 0.3) is 0 Å². The zero-order valence-corrected chi connectivity index (χ0v) is 11.5. The summed E-state index contributed by atoms with van der Waals surface area (Å²) in [6.07, 6.45) is -2.95. The van der Waals surface area contributed by atoms with Gasteiger partial charge in [0.25, 0.3) is 5.92 Å². The van der Waals surface area contributed by atoms with Gasteiger partial charge in [0, 0.05) is 35.7 Å². The molecule has 0 heterocycles. The van der Waals surface area contributed by atoms with Crippen molar-refractivity contribution in [1.29, 1.82) is 5.26 Å². The molecule has 2 aromatic rings. The maximum atomic E-state index is 13.8. The van der Waals surface area contributed by atoms with Crippen LogP contribution >= 0.6 is 0 Å². The van der Waals surface area contributed by atoms with Crippen molar-refractivity contribution < 1.29 is 27.4 Å². The molecule has 1 aliphatic carbocycles. The van der Waals surface area contributed by atoms with Crippen molar-refractivity contribution in [3.05, 3.63) is 58.7 Å². The van der Waals surface area contributed by atoms with Gasteiger partial charge >= 0.3 is 0 Å². The number of fused-ring (bicyclic) bond motifs is 1. The van der Waals surface area contributed by atoms with Gasteiger partial charge in [-0.1, -0.05) is 0 Å². The lowest BCUT2D eigenvalue weighted by Gasteiger charge is -2.13. The number of nitrogens with zero attached hydrogens (tertiary/aromatic N) is 1. The van der Waals surface area contributed by atoms with Crippen molar-refractivity contribution >= 4 is 0 Å². The van der Waals surface area contributed by atoms with Crippen LogP contribution in [0.5, 0.6) is 11.5 Å². The monoisotopic (exact) mass is 323 g/mol. The average Bonchev–Trinajstić information content (AvgIpc) is 2.70. The van der Waals surface area contributed by atoms with E-state index in [2.05, 4.69) is 0 Å². The van der Waals surface area contributed by atoms with Crippen molar-refractivity contribution in [3.8, 4) is 17.6 Å². The molecule has 118 valence electrons. The molecule has 0 bridgehead atoms. The number of nitriles is 1. The van der Waals surface area contributed by atoms with Crippen LogP contribution in [0.1, 0.15) is 22.8 Å². The minimum absolute atomic E-state index is 0.0498. The average molecular weight is 323 g/mol. The second kappa shape index (κ2) is 5.25. The second-order valence-corrected chi connectivity index (χ2v) is 5.16. The first kappa shape index (κ1) is 15.3. The Morgan fingerprint density at radius 1 is 1.17 bits per heavy atom. The first-order valence-corrected chi connectivity index (χ1v) is 6.57. The number of hydrogen-bond acceptors (Lipinski definition) is 3. The molecule has 3 nitrogen and oxygen atoms in total. The Kier molecular flexibility index (Phi) is 3.49. The molecule has 0 fully saturated rings. The van der Waals surface area contributed by atoms with E-state index in [-0.39, 0.29) is 28.2 Å². The fourth-order valence-corrected chi connectivity index (χ4v) is 2.59. The number of benzene rings is 2. The quantitative estimate of drug-likeness (QED) is 0.854. The summed E-state index contributed by atoms with van der Waals surface area (Å²) < 4.78 is 59.2. The number of hydrogen-bond donors (Lipinski definition) is 1. The third-order valence-corrected chi connectivity index (χ3v) is 3.58. The van der Waals surface area contributed by atoms with Crippen LogP contribution in [0.4, 0.5) is 17.6 Å². The van der Waals surface area contributed by atoms with Gasteiger partial charge in [0.1, 0.15) is 29.2 Å². The van der Waals surface area contributed by atoms with Crippen LogP contribution in [-0.2, 0) is 6.42 Å². The van der Waals surface area contributed by atoms with Gasteiger partial charge < -0.3 is 9.84 Å². The SMILES string of the molecule is N#Cc1ccc(Oc2cc(F)cc(F)c2)c2c1[C@H](O)C(F)(F)C2. The molecule has 0 radical (unpaired) electrons. The van der Waals surface area contributed by atoms with E-state index in [0.29, 0.717) is 6.07 Å². The lowest BCUT2D eigenvalue weighted by atomic mass is 10.0. The summed E-state index contributed by atoms with van der Waals surface area (Å²) in [6, 6.07) is 6.66. The van der Waals surface area contributed by atoms with E-state index in [4.69, 9.17) is 10.00 Å². The van der Waals surface area contributed by atoms with Gasteiger partial charge in [0.05, 0.1) is 11.6 Å². The van der Waals surface area contributed by atoms with E-state index >= 15 is 0 Å². The number of halogens is 4. The predicted octanol–water partition coefficient (Wildman–Crippen LogP) is 3.85. The van der Waals surface area contributed by atoms with Crippen LogP contribution in [0.3, 0.4) is 0 Å². The number of ether oxygens (including phenoxy) is 1. The first-order valence-electron chi connectivity index (χ1n) is 6.57. The van der Waals surface area contributed by atoms with Crippen molar-refractivity contribution in [3.63, 3.8) is 0 Å². The second-order valence-electron chi connectivity index (χ2n) is 5.16. The number of aliphatic hydroxyl groups is 1. The van der Waals surface area contributed by atoms with Crippen molar-refractivity contribution in [2.24, 2.45) is 0 Å². The summed E-state index contributed by atoms with van der Waals surface area (Å²) >= 11 is 0. The third-order valence-electron chi connectivity index (χ3n) is 3.58. The smallest absolute Gasteiger partial charge is 0.281 e. The minimum Gasteiger partial charge on any atom is -0.457 e. The highest BCUT2D eigenvalue weighted by Gasteiger charge is 2.49. The van der Waals surface area contributed by atoms with Gasteiger partial charge in [-0.15, -0.1) is 0 Å². The molecule has 1 aliphatic rings. The molecule has 1 atom stereocenters. The van der Waals surface area contributed by atoms with Gasteiger partial charge in [-0.05, 0) is 12.1 Å². The van der Waals surface area contributed by atoms with Crippen molar-refractivity contribution in [2.45, 2.75) is 18.4 Å². The molecule has 1 N–H and O–H groups in total. The summed E-state index contributed by atoms with van der Waals surface area (Å²) in [5.41, 5.74) is -0.361. The van der Waals surface area contributed by atoms with E-state index in [1.165, 1.54) is 12.1 Å². The molecule has 0 spiro atoms.